The van der Waals surface area contributed by atoms with Crippen LogP contribution < -0.4 is 4.90 Å². The van der Waals surface area contributed by atoms with Gasteiger partial charge >= 0.3 is 0 Å². The Morgan fingerprint density at radius 1 is 1.00 bits per heavy atom. The minimum absolute atomic E-state index is 0.188. The van der Waals surface area contributed by atoms with Gasteiger partial charge in [0, 0.05) is 32.2 Å². The Kier molecular flexibility index (Phi) is 4.28. The SMILES string of the molecule is O=[N+]([O-])c1ccccc1S(=O)(=O)N1CCN(c2nc3ccccc3o2)CC1. The molecule has 1 aliphatic heterocycles. The van der Waals surface area contributed by atoms with Gasteiger partial charge in [0.15, 0.2) is 10.5 Å². The Morgan fingerprint density at radius 2 is 1.67 bits per heavy atom. The average Bonchev–Trinajstić information content (AvgIpc) is 3.12. The molecule has 0 atom stereocenters. The number of hydrogen-bond donors (Lipinski definition) is 0. The number of oxazole rings is 1. The van der Waals surface area contributed by atoms with Crippen LogP contribution >= 0.6 is 0 Å². The van der Waals surface area contributed by atoms with Crippen molar-refractivity contribution in [2.45, 2.75) is 4.90 Å². The minimum atomic E-state index is -3.95. The first-order valence-corrected chi connectivity index (χ1v) is 9.75. The van der Waals surface area contributed by atoms with E-state index < -0.39 is 20.6 Å². The first-order chi connectivity index (χ1) is 13.0. The molecule has 1 aliphatic rings. The summed E-state index contributed by atoms with van der Waals surface area (Å²) >= 11 is 0. The molecule has 1 fully saturated rings. The van der Waals surface area contributed by atoms with Crippen molar-refractivity contribution in [3.8, 4) is 0 Å². The van der Waals surface area contributed by atoms with Crippen LogP contribution in [-0.2, 0) is 10.0 Å². The van der Waals surface area contributed by atoms with Crippen molar-refractivity contribution in [3.05, 3.63) is 58.6 Å². The maximum atomic E-state index is 12.9. The van der Waals surface area contributed by atoms with Crippen LogP contribution in [0.4, 0.5) is 11.7 Å². The Labute approximate surface area is 155 Å². The lowest BCUT2D eigenvalue weighted by molar-refractivity contribution is -0.387. The molecule has 0 radical (unpaired) electrons. The second kappa shape index (κ2) is 6.63. The van der Waals surface area contributed by atoms with E-state index in [-0.39, 0.29) is 18.0 Å². The Hall–Kier alpha value is -2.98. The zero-order valence-corrected chi connectivity index (χ0v) is 15.0. The summed E-state index contributed by atoms with van der Waals surface area (Å²) in [6.07, 6.45) is 0. The quantitative estimate of drug-likeness (QED) is 0.498. The van der Waals surface area contributed by atoms with E-state index in [1.807, 2.05) is 29.2 Å². The number of fused-ring (bicyclic) bond motifs is 1. The van der Waals surface area contributed by atoms with Gasteiger partial charge in [0.2, 0.25) is 10.0 Å². The minimum Gasteiger partial charge on any atom is -0.423 e. The van der Waals surface area contributed by atoms with Crippen LogP contribution in [0.1, 0.15) is 0 Å². The van der Waals surface area contributed by atoms with Crippen molar-refractivity contribution < 1.29 is 17.8 Å². The van der Waals surface area contributed by atoms with Crippen molar-refractivity contribution in [1.82, 2.24) is 9.29 Å². The number of anilines is 1. The van der Waals surface area contributed by atoms with Crippen LogP contribution in [0.15, 0.2) is 57.8 Å². The number of hydrogen-bond acceptors (Lipinski definition) is 7. The predicted molar refractivity (Wildman–Crippen MR) is 98.1 cm³/mol. The van der Waals surface area contributed by atoms with Crippen molar-refractivity contribution in [1.29, 1.82) is 0 Å². The van der Waals surface area contributed by atoms with Gasteiger partial charge in [-0.25, -0.2) is 8.42 Å². The molecule has 140 valence electrons. The number of benzene rings is 2. The molecule has 1 saturated heterocycles. The Bertz CT molecular complexity index is 1070. The van der Waals surface area contributed by atoms with Gasteiger partial charge < -0.3 is 9.32 Å². The fourth-order valence-electron chi connectivity index (χ4n) is 3.08. The number of nitro benzene ring substituents is 1. The first kappa shape index (κ1) is 17.4. The zero-order chi connectivity index (χ0) is 19.0. The third-order valence-electron chi connectivity index (χ3n) is 4.47. The van der Waals surface area contributed by atoms with Crippen molar-refractivity contribution >= 4 is 32.8 Å². The maximum Gasteiger partial charge on any atom is 0.298 e. The van der Waals surface area contributed by atoms with Crippen molar-refractivity contribution in [2.24, 2.45) is 0 Å². The molecule has 0 amide bonds. The van der Waals surface area contributed by atoms with Crippen LogP contribution in [0.25, 0.3) is 11.1 Å². The zero-order valence-electron chi connectivity index (χ0n) is 14.2. The number of piperazine rings is 1. The molecule has 27 heavy (non-hydrogen) atoms. The van der Waals surface area contributed by atoms with E-state index in [9.17, 15) is 18.5 Å². The topological polar surface area (TPSA) is 110 Å². The number of aromatic nitrogens is 1. The lowest BCUT2D eigenvalue weighted by Crippen LogP contribution is -2.48. The van der Waals surface area contributed by atoms with E-state index in [1.54, 1.807) is 0 Å². The molecule has 0 aliphatic carbocycles. The third-order valence-corrected chi connectivity index (χ3v) is 6.42. The fraction of sp³-hybridized carbons (Fsp3) is 0.235. The van der Waals surface area contributed by atoms with Gasteiger partial charge in [0.05, 0.1) is 4.92 Å². The summed E-state index contributed by atoms with van der Waals surface area (Å²) < 4.78 is 32.7. The van der Waals surface area contributed by atoms with E-state index in [1.165, 1.54) is 28.6 Å². The summed E-state index contributed by atoms with van der Waals surface area (Å²) in [5.41, 5.74) is 0.990. The maximum absolute atomic E-state index is 12.9. The van der Waals surface area contributed by atoms with E-state index in [4.69, 9.17) is 4.42 Å². The highest BCUT2D eigenvalue weighted by molar-refractivity contribution is 7.89. The highest BCUT2D eigenvalue weighted by atomic mass is 32.2. The van der Waals surface area contributed by atoms with Gasteiger partial charge in [0.1, 0.15) is 5.52 Å². The smallest absolute Gasteiger partial charge is 0.298 e. The van der Waals surface area contributed by atoms with Crippen LogP contribution in [0.2, 0.25) is 0 Å². The Morgan fingerprint density at radius 3 is 2.37 bits per heavy atom. The van der Waals surface area contributed by atoms with Gasteiger partial charge in [-0.3, -0.25) is 10.1 Å². The molecule has 0 spiro atoms. The van der Waals surface area contributed by atoms with Gasteiger partial charge in [0.25, 0.3) is 11.7 Å². The number of sulfonamides is 1. The standard InChI is InChI=1S/C17H16N4O5S/c22-21(23)14-6-2-4-8-16(14)27(24,25)20-11-9-19(10-12-20)17-18-13-5-1-3-7-15(13)26-17/h1-8H,9-12H2. The van der Waals surface area contributed by atoms with Gasteiger partial charge in [-0.15, -0.1) is 0 Å². The molecule has 3 aromatic rings. The van der Waals surface area contributed by atoms with E-state index >= 15 is 0 Å². The number of para-hydroxylation sites is 3. The van der Waals surface area contributed by atoms with E-state index in [0.29, 0.717) is 24.7 Å². The van der Waals surface area contributed by atoms with Crippen molar-refractivity contribution in [3.63, 3.8) is 0 Å². The van der Waals surface area contributed by atoms with Gasteiger partial charge in [-0.05, 0) is 18.2 Å². The van der Waals surface area contributed by atoms with Crippen LogP contribution in [0, 0.1) is 10.1 Å². The second-order valence-corrected chi connectivity index (χ2v) is 7.99. The van der Waals surface area contributed by atoms with Gasteiger partial charge in [-0.1, -0.05) is 24.3 Å². The number of nitro groups is 1. The molecule has 0 bridgehead atoms. The largest absolute Gasteiger partial charge is 0.423 e. The normalized spacial score (nSPS) is 15.9. The molecule has 0 unspecified atom stereocenters. The summed E-state index contributed by atoms with van der Waals surface area (Å²) in [5, 5.41) is 11.2. The molecule has 1 aromatic heterocycles. The molecule has 9 nitrogen and oxygen atoms in total. The summed E-state index contributed by atoms with van der Waals surface area (Å²) in [5.74, 6) is 0. The molecular weight excluding hydrogens is 372 g/mol. The summed E-state index contributed by atoms with van der Waals surface area (Å²) in [7, 11) is -3.95. The first-order valence-electron chi connectivity index (χ1n) is 8.31. The fourth-order valence-corrected chi connectivity index (χ4v) is 4.66. The second-order valence-electron chi connectivity index (χ2n) is 6.08. The summed E-state index contributed by atoms with van der Waals surface area (Å²) in [4.78, 5) is 16.5. The molecule has 10 heteroatoms. The third kappa shape index (κ3) is 3.13. The van der Waals surface area contributed by atoms with E-state index in [2.05, 4.69) is 4.98 Å². The molecule has 4 rings (SSSR count). The van der Waals surface area contributed by atoms with Crippen LogP contribution in [0.3, 0.4) is 0 Å². The lowest BCUT2D eigenvalue weighted by Gasteiger charge is -2.32. The molecular formula is C17H16N4O5S. The molecule has 2 aromatic carbocycles. The summed E-state index contributed by atoms with van der Waals surface area (Å²) in [6, 6.07) is 13.2. The highest BCUT2D eigenvalue weighted by Gasteiger charge is 2.34. The van der Waals surface area contributed by atoms with Gasteiger partial charge in [-0.2, -0.15) is 9.29 Å². The monoisotopic (exact) mass is 388 g/mol. The van der Waals surface area contributed by atoms with Crippen LogP contribution in [-0.4, -0.2) is 48.8 Å². The van der Waals surface area contributed by atoms with E-state index in [0.717, 1.165) is 5.52 Å². The molecule has 0 N–H and O–H groups in total. The number of rotatable bonds is 4. The Balaban J connectivity index is 1.54. The van der Waals surface area contributed by atoms with Crippen molar-refractivity contribution in [2.75, 3.05) is 31.1 Å². The predicted octanol–water partition coefficient (Wildman–Crippen LogP) is 2.25. The average molecular weight is 388 g/mol. The highest BCUT2D eigenvalue weighted by Crippen LogP contribution is 2.28. The number of nitrogens with zero attached hydrogens (tertiary/aromatic N) is 4. The van der Waals surface area contributed by atoms with Crippen LogP contribution in [0.5, 0.6) is 0 Å². The lowest BCUT2D eigenvalue weighted by atomic mass is 10.3. The molecule has 2 heterocycles. The summed E-state index contributed by atoms with van der Waals surface area (Å²) in [6.45, 7) is 1.14. The molecule has 0 saturated carbocycles.